The summed E-state index contributed by atoms with van der Waals surface area (Å²) in [5, 5.41) is 0. The first kappa shape index (κ1) is 10.9. The van der Waals surface area contributed by atoms with E-state index in [4.69, 9.17) is 5.84 Å². The van der Waals surface area contributed by atoms with E-state index in [1.165, 1.54) is 10.6 Å². The molecule has 6 heteroatoms. The normalized spacial score (nSPS) is 12.2. The third kappa shape index (κ3) is 2.21. The molecular formula is C8H10BrN3O2. The number of amides is 1. The van der Waals surface area contributed by atoms with Gasteiger partial charge in [0, 0.05) is 16.7 Å². The van der Waals surface area contributed by atoms with Crippen LogP contribution in [0, 0.1) is 0 Å². The number of hydrazine groups is 1. The molecule has 1 unspecified atom stereocenters. The first-order valence-corrected chi connectivity index (χ1v) is 4.73. The number of rotatable bonds is 2. The van der Waals surface area contributed by atoms with Gasteiger partial charge in [0.15, 0.2) is 0 Å². The van der Waals surface area contributed by atoms with E-state index in [0.29, 0.717) is 0 Å². The highest BCUT2D eigenvalue weighted by molar-refractivity contribution is 9.10. The quantitative estimate of drug-likeness (QED) is 0.452. The molecular weight excluding hydrogens is 250 g/mol. The number of nitrogens with zero attached hydrogens (tertiary/aromatic N) is 1. The zero-order valence-electron chi connectivity index (χ0n) is 7.53. The fraction of sp³-hybridized carbons (Fsp3) is 0.250. The monoisotopic (exact) mass is 259 g/mol. The van der Waals surface area contributed by atoms with Crippen LogP contribution >= 0.6 is 15.9 Å². The van der Waals surface area contributed by atoms with E-state index in [0.717, 1.165) is 4.47 Å². The molecule has 1 amide bonds. The molecule has 0 aliphatic heterocycles. The number of pyridine rings is 1. The van der Waals surface area contributed by atoms with Crippen molar-refractivity contribution < 1.29 is 4.79 Å². The molecule has 0 saturated heterocycles. The molecule has 1 rings (SSSR count). The van der Waals surface area contributed by atoms with Gasteiger partial charge in [0.25, 0.3) is 11.5 Å². The topological polar surface area (TPSA) is 77.1 Å². The summed E-state index contributed by atoms with van der Waals surface area (Å²) in [5.41, 5.74) is 1.75. The smallest absolute Gasteiger partial charge is 0.256 e. The Kier molecular flexibility index (Phi) is 3.43. The lowest BCUT2D eigenvalue weighted by molar-refractivity contribution is -0.124. The number of nitrogens with one attached hydrogen (secondary N) is 1. The Morgan fingerprint density at radius 3 is 2.86 bits per heavy atom. The Hall–Kier alpha value is -1.14. The second kappa shape index (κ2) is 4.39. The minimum atomic E-state index is -0.620. The fourth-order valence-electron chi connectivity index (χ4n) is 1.03. The number of nitrogens with two attached hydrogens (primary N) is 1. The van der Waals surface area contributed by atoms with Gasteiger partial charge in [0.2, 0.25) is 0 Å². The van der Waals surface area contributed by atoms with Crippen LogP contribution in [-0.4, -0.2) is 10.5 Å². The standard InChI is InChI=1S/C8H10BrN3O2/c1-5(8(14)11-10)12-4-6(9)2-3-7(12)13/h2-5H,10H2,1H3,(H,11,14). The predicted molar refractivity (Wildman–Crippen MR) is 55.4 cm³/mol. The number of hydrogen-bond donors (Lipinski definition) is 2. The Labute approximate surface area is 89.0 Å². The lowest BCUT2D eigenvalue weighted by atomic mass is 10.3. The van der Waals surface area contributed by atoms with E-state index in [-0.39, 0.29) is 5.56 Å². The van der Waals surface area contributed by atoms with Crippen molar-refractivity contribution in [2.45, 2.75) is 13.0 Å². The van der Waals surface area contributed by atoms with Gasteiger partial charge in [-0.05, 0) is 28.9 Å². The molecule has 1 atom stereocenters. The van der Waals surface area contributed by atoms with Gasteiger partial charge < -0.3 is 4.57 Å². The highest BCUT2D eigenvalue weighted by Crippen LogP contribution is 2.09. The van der Waals surface area contributed by atoms with E-state index in [1.54, 1.807) is 19.2 Å². The third-order valence-corrected chi connectivity index (χ3v) is 2.31. The fourth-order valence-corrected chi connectivity index (χ4v) is 1.38. The number of aromatic nitrogens is 1. The number of carbonyl (C=O) groups is 1. The van der Waals surface area contributed by atoms with Gasteiger partial charge in [0.05, 0.1) is 0 Å². The molecule has 0 fully saturated rings. The van der Waals surface area contributed by atoms with Crippen molar-refractivity contribution in [3.05, 3.63) is 33.2 Å². The van der Waals surface area contributed by atoms with Crippen molar-refractivity contribution in [1.29, 1.82) is 0 Å². The van der Waals surface area contributed by atoms with Gasteiger partial charge >= 0.3 is 0 Å². The zero-order valence-corrected chi connectivity index (χ0v) is 9.11. The van der Waals surface area contributed by atoms with Crippen molar-refractivity contribution >= 4 is 21.8 Å². The van der Waals surface area contributed by atoms with E-state index < -0.39 is 11.9 Å². The van der Waals surface area contributed by atoms with Crippen LogP contribution in [0.3, 0.4) is 0 Å². The van der Waals surface area contributed by atoms with Crippen LogP contribution in [0.1, 0.15) is 13.0 Å². The van der Waals surface area contributed by atoms with Crippen molar-refractivity contribution in [1.82, 2.24) is 9.99 Å². The van der Waals surface area contributed by atoms with Gasteiger partial charge in [-0.1, -0.05) is 0 Å². The molecule has 0 bridgehead atoms. The van der Waals surface area contributed by atoms with E-state index in [9.17, 15) is 9.59 Å². The molecule has 1 aromatic rings. The summed E-state index contributed by atoms with van der Waals surface area (Å²) >= 11 is 3.21. The maximum absolute atomic E-state index is 11.4. The van der Waals surface area contributed by atoms with Crippen LogP contribution in [0.5, 0.6) is 0 Å². The summed E-state index contributed by atoms with van der Waals surface area (Å²) in [7, 11) is 0. The molecule has 1 aromatic heterocycles. The second-order valence-electron chi connectivity index (χ2n) is 2.78. The molecule has 0 saturated carbocycles. The molecule has 0 aliphatic carbocycles. The van der Waals surface area contributed by atoms with Crippen LogP contribution in [0.15, 0.2) is 27.6 Å². The van der Waals surface area contributed by atoms with Crippen molar-refractivity contribution in [2.75, 3.05) is 0 Å². The Morgan fingerprint density at radius 1 is 1.64 bits per heavy atom. The maximum atomic E-state index is 11.4. The number of hydrogen-bond acceptors (Lipinski definition) is 3. The third-order valence-electron chi connectivity index (χ3n) is 1.84. The first-order chi connectivity index (χ1) is 6.56. The first-order valence-electron chi connectivity index (χ1n) is 3.94. The van der Waals surface area contributed by atoms with Gasteiger partial charge in [0.1, 0.15) is 6.04 Å². The number of halogens is 1. The average Bonchev–Trinajstić information content (AvgIpc) is 2.19. The van der Waals surface area contributed by atoms with E-state index in [2.05, 4.69) is 15.9 Å². The lowest BCUT2D eigenvalue weighted by Crippen LogP contribution is -2.38. The summed E-state index contributed by atoms with van der Waals surface area (Å²) in [6, 6.07) is 2.38. The maximum Gasteiger partial charge on any atom is 0.256 e. The van der Waals surface area contributed by atoms with Crippen molar-refractivity contribution in [3.8, 4) is 0 Å². The highest BCUT2D eigenvalue weighted by Gasteiger charge is 2.14. The highest BCUT2D eigenvalue weighted by atomic mass is 79.9. The van der Waals surface area contributed by atoms with E-state index in [1.807, 2.05) is 5.43 Å². The molecule has 3 N–H and O–H groups in total. The van der Waals surface area contributed by atoms with Crippen LogP contribution in [-0.2, 0) is 4.79 Å². The minimum absolute atomic E-state index is 0.246. The average molecular weight is 260 g/mol. The molecule has 76 valence electrons. The minimum Gasteiger partial charge on any atom is -0.302 e. The zero-order chi connectivity index (χ0) is 10.7. The van der Waals surface area contributed by atoms with Crippen molar-refractivity contribution in [2.24, 2.45) is 5.84 Å². The van der Waals surface area contributed by atoms with Gasteiger partial charge in [-0.25, -0.2) is 5.84 Å². The van der Waals surface area contributed by atoms with Gasteiger partial charge in [-0.3, -0.25) is 15.0 Å². The van der Waals surface area contributed by atoms with Crippen molar-refractivity contribution in [3.63, 3.8) is 0 Å². The molecule has 0 spiro atoms. The summed E-state index contributed by atoms with van der Waals surface area (Å²) in [4.78, 5) is 22.5. The van der Waals surface area contributed by atoms with Gasteiger partial charge in [-0.2, -0.15) is 0 Å². The van der Waals surface area contributed by atoms with Crippen LogP contribution < -0.4 is 16.8 Å². The van der Waals surface area contributed by atoms with Crippen LogP contribution in [0.2, 0.25) is 0 Å². The summed E-state index contributed by atoms with van der Waals surface area (Å²) in [6.45, 7) is 1.59. The summed E-state index contributed by atoms with van der Waals surface area (Å²) in [5.74, 6) is 4.56. The van der Waals surface area contributed by atoms with Crippen LogP contribution in [0.25, 0.3) is 0 Å². The Balaban J connectivity index is 3.12. The number of carbonyl (C=O) groups excluding carboxylic acids is 1. The second-order valence-corrected chi connectivity index (χ2v) is 3.69. The van der Waals surface area contributed by atoms with Crippen LogP contribution in [0.4, 0.5) is 0 Å². The summed E-state index contributed by atoms with van der Waals surface area (Å²) in [6.07, 6.45) is 1.54. The largest absolute Gasteiger partial charge is 0.302 e. The SMILES string of the molecule is CC(C(=O)NN)n1cc(Br)ccc1=O. The molecule has 14 heavy (non-hydrogen) atoms. The summed E-state index contributed by atoms with van der Waals surface area (Å²) < 4.78 is 2.03. The predicted octanol–water partition coefficient (Wildman–Crippen LogP) is 0.162. The molecule has 1 heterocycles. The van der Waals surface area contributed by atoms with E-state index >= 15 is 0 Å². The lowest BCUT2D eigenvalue weighted by Gasteiger charge is -2.12. The molecule has 5 nitrogen and oxygen atoms in total. The Bertz CT molecular complexity index is 402. The van der Waals surface area contributed by atoms with Gasteiger partial charge in [-0.15, -0.1) is 0 Å². The molecule has 0 aliphatic rings. The molecule has 0 aromatic carbocycles. The Morgan fingerprint density at radius 2 is 2.29 bits per heavy atom. The molecule has 0 radical (unpaired) electrons.